The Labute approximate surface area is 111 Å². The van der Waals surface area contributed by atoms with E-state index in [0.717, 1.165) is 24.8 Å². The molecule has 0 radical (unpaired) electrons. The van der Waals surface area contributed by atoms with Crippen molar-refractivity contribution in [2.24, 2.45) is 11.3 Å². The van der Waals surface area contributed by atoms with E-state index in [1.165, 1.54) is 5.57 Å². The van der Waals surface area contributed by atoms with Crippen molar-refractivity contribution in [2.75, 3.05) is 7.05 Å². The second kappa shape index (κ2) is 4.34. The second-order valence-electron chi connectivity index (χ2n) is 6.72. The predicted molar refractivity (Wildman–Crippen MR) is 75.4 cm³/mol. The minimum atomic E-state index is -0.341. The van der Waals surface area contributed by atoms with Gasteiger partial charge in [0.25, 0.3) is 0 Å². The fourth-order valence-electron chi connectivity index (χ4n) is 3.14. The van der Waals surface area contributed by atoms with Crippen LogP contribution in [0.2, 0.25) is 0 Å². The predicted octanol–water partition coefficient (Wildman–Crippen LogP) is 3.25. The Bertz CT molecular complexity index is 430. The summed E-state index contributed by atoms with van der Waals surface area (Å²) in [6.07, 6.45) is 7.76. The molecule has 0 unspecified atom stereocenters. The largest absolute Gasteiger partial charge is 0.307 e. The van der Waals surface area contributed by atoms with Gasteiger partial charge >= 0.3 is 0 Å². The van der Waals surface area contributed by atoms with Crippen molar-refractivity contribution in [2.45, 2.75) is 52.5 Å². The van der Waals surface area contributed by atoms with Gasteiger partial charge in [0.1, 0.15) is 0 Å². The van der Waals surface area contributed by atoms with Crippen LogP contribution in [0.3, 0.4) is 0 Å². The number of carbonyl (C=O) groups is 1. The minimum Gasteiger partial charge on any atom is -0.307 e. The van der Waals surface area contributed by atoms with Crippen LogP contribution in [-0.2, 0) is 4.79 Å². The molecule has 2 nitrogen and oxygen atoms in total. The van der Waals surface area contributed by atoms with Crippen molar-refractivity contribution in [1.82, 2.24) is 5.32 Å². The van der Waals surface area contributed by atoms with Gasteiger partial charge in [0, 0.05) is 5.92 Å². The highest BCUT2D eigenvalue weighted by Crippen LogP contribution is 2.46. The summed E-state index contributed by atoms with van der Waals surface area (Å²) in [6, 6.07) is 0. The van der Waals surface area contributed by atoms with Crippen molar-refractivity contribution >= 4 is 5.78 Å². The Kier molecular flexibility index (Phi) is 3.26. The number of carbonyl (C=O) groups excluding carboxylic acids is 1. The molecule has 1 saturated carbocycles. The van der Waals surface area contributed by atoms with E-state index in [1.807, 2.05) is 14.0 Å². The molecule has 0 aromatic rings. The summed E-state index contributed by atoms with van der Waals surface area (Å²) in [6.45, 7) is 8.68. The molecule has 2 aliphatic rings. The quantitative estimate of drug-likeness (QED) is 0.721. The molecule has 0 saturated heterocycles. The summed E-state index contributed by atoms with van der Waals surface area (Å²) in [5.41, 5.74) is 2.26. The van der Waals surface area contributed by atoms with E-state index in [0.29, 0.717) is 11.7 Å². The van der Waals surface area contributed by atoms with Crippen molar-refractivity contribution in [1.29, 1.82) is 0 Å². The molecule has 0 spiro atoms. The van der Waals surface area contributed by atoms with Gasteiger partial charge < -0.3 is 5.32 Å². The van der Waals surface area contributed by atoms with Gasteiger partial charge in [0.2, 0.25) is 0 Å². The molecular formula is C16H25NO. The first kappa shape index (κ1) is 13.5. The third-order valence-corrected chi connectivity index (χ3v) is 4.68. The maximum atomic E-state index is 12.3. The number of hydrogen-bond acceptors (Lipinski definition) is 2. The lowest BCUT2D eigenvalue weighted by atomic mass is 9.59. The van der Waals surface area contributed by atoms with Gasteiger partial charge in [-0.3, -0.25) is 4.79 Å². The lowest BCUT2D eigenvalue weighted by Crippen LogP contribution is -2.64. The Morgan fingerprint density at radius 2 is 2.00 bits per heavy atom. The monoisotopic (exact) mass is 247 g/mol. The van der Waals surface area contributed by atoms with E-state index >= 15 is 0 Å². The number of fused-ring (bicyclic) bond motifs is 1. The summed E-state index contributed by atoms with van der Waals surface area (Å²) in [4.78, 5) is 12.3. The maximum absolute atomic E-state index is 12.3. The minimum absolute atomic E-state index is 0.0872. The van der Waals surface area contributed by atoms with Crippen LogP contribution in [-0.4, -0.2) is 18.4 Å². The lowest BCUT2D eigenvalue weighted by Gasteiger charge is -2.48. The Hall–Kier alpha value is -0.890. The van der Waals surface area contributed by atoms with Crippen LogP contribution < -0.4 is 5.32 Å². The molecule has 0 amide bonds. The highest BCUT2D eigenvalue weighted by molar-refractivity contribution is 6.10. The average molecular weight is 247 g/mol. The van der Waals surface area contributed by atoms with Gasteiger partial charge in [0.15, 0.2) is 5.78 Å². The molecule has 0 heterocycles. The van der Waals surface area contributed by atoms with Crippen LogP contribution in [0.5, 0.6) is 0 Å². The first-order valence-electron chi connectivity index (χ1n) is 6.92. The molecule has 0 bridgehead atoms. The Morgan fingerprint density at radius 3 is 2.61 bits per heavy atom. The summed E-state index contributed by atoms with van der Waals surface area (Å²) < 4.78 is 0. The topological polar surface area (TPSA) is 29.1 Å². The normalized spacial score (nSPS) is 41.2. The van der Waals surface area contributed by atoms with Crippen LogP contribution in [0, 0.1) is 11.3 Å². The molecule has 1 fully saturated rings. The first-order chi connectivity index (χ1) is 8.30. The van der Waals surface area contributed by atoms with Crippen molar-refractivity contribution in [3.05, 3.63) is 23.3 Å². The Morgan fingerprint density at radius 1 is 1.33 bits per heavy atom. The van der Waals surface area contributed by atoms with Crippen molar-refractivity contribution in [3.63, 3.8) is 0 Å². The highest BCUT2D eigenvalue weighted by atomic mass is 16.1. The van der Waals surface area contributed by atoms with E-state index in [1.54, 1.807) is 0 Å². The van der Waals surface area contributed by atoms with Crippen molar-refractivity contribution < 1.29 is 4.79 Å². The number of rotatable bonds is 1. The van der Waals surface area contributed by atoms with E-state index in [9.17, 15) is 4.79 Å². The summed E-state index contributed by atoms with van der Waals surface area (Å²) in [5.74, 6) is 0.665. The van der Waals surface area contributed by atoms with Gasteiger partial charge in [-0.2, -0.15) is 0 Å². The third kappa shape index (κ3) is 2.07. The number of allylic oxidation sites excluding steroid dienone is 3. The van der Waals surface area contributed by atoms with Crippen LogP contribution in [0.4, 0.5) is 0 Å². The van der Waals surface area contributed by atoms with E-state index in [4.69, 9.17) is 0 Å². The molecule has 1 N–H and O–H groups in total. The van der Waals surface area contributed by atoms with Gasteiger partial charge in [0.05, 0.1) is 5.54 Å². The lowest BCUT2D eigenvalue weighted by molar-refractivity contribution is -0.129. The molecular weight excluding hydrogens is 222 g/mol. The van der Waals surface area contributed by atoms with Crippen LogP contribution in [0.1, 0.15) is 47.0 Å². The molecule has 0 aromatic carbocycles. The second-order valence-corrected chi connectivity index (χ2v) is 6.72. The molecule has 100 valence electrons. The van der Waals surface area contributed by atoms with E-state index < -0.39 is 0 Å². The smallest absolute Gasteiger partial charge is 0.179 e. The number of nitrogens with one attached hydrogen (secondary N) is 1. The summed E-state index contributed by atoms with van der Waals surface area (Å²) in [5, 5.41) is 3.23. The highest BCUT2D eigenvalue weighted by Gasteiger charge is 2.54. The van der Waals surface area contributed by atoms with Crippen LogP contribution >= 0.6 is 0 Å². The zero-order valence-electron chi connectivity index (χ0n) is 12.3. The van der Waals surface area contributed by atoms with Gasteiger partial charge in [-0.15, -0.1) is 0 Å². The maximum Gasteiger partial charge on any atom is 0.179 e. The standard InChI is InChI=1S/C16H25NO/c1-11-6-7-13-12(10-15(2,3)9-8-11)14(18)16(13,4)17-5/h8,10,13,17H,6-7,9H2,1-5H3/b11-8+,12-10+/t13-,16+/m0/s1. The van der Waals surface area contributed by atoms with Crippen LogP contribution in [0.25, 0.3) is 0 Å². The molecule has 0 aliphatic heterocycles. The fraction of sp³-hybridized carbons (Fsp3) is 0.688. The average Bonchev–Trinajstić information content (AvgIpc) is 2.38. The molecule has 2 rings (SSSR count). The number of likely N-dealkylation sites (N-methyl/N-ethyl adjacent to an activating group) is 1. The zero-order chi connectivity index (χ0) is 13.6. The summed E-state index contributed by atoms with van der Waals surface area (Å²) >= 11 is 0. The summed E-state index contributed by atoms with van der Waals surface area (Å²) in [7, 11) is 1.90. The Balaban J connectivity index is 2.37. The molecule has 2 atom stereocenters. The molecule has 2 heteroatoms. The number of hydrogen-bond donors (Lipinski definition) is 1. The molecule has 0 aromatic heterocycles. The van der Waals surface area contributed by atoms with E-state index in [-0.39, 0.29) is 11.0 Å². The fourth-order valence-corrected chi connectivity index (χ4v) is 3.14. The number of Topliss-reactive ketones (excluding diaryl/α,β-unsaturated/α-hetero) is 1. The molecule has 2 aliphatic carbocycles. The van der Waals surface area contributed by atoms with E-state index in [2.05, 4.69) is 38.2 Å². The van der Waals surface area contributed by atoms with Crippen LogP contribution in [0.15, 0.2) is 23.3 Å². The molecule has 18 heavy (non-hydrogen) atoms. The van der Waals surface area contributed by atoms with Crippen molar-refractivity contribution in [3.8, 4) is 0 Å². The zero-order valence-corrected chi connectivity index (χ0v) is 12.3. The van der Waals surface area contributed by atoms with Gasteiger partial charge in [-0.05, 0) is 51.1 Å². The first-order valence-corrected chi connectivity index (χ1v) is 6.92. The number of ketones is 1. The SMILES string of the molecule is CN[C@@]1(C)C(=O)/C2=C/C(C)(C)C/C=C(\C)CC[C@@H]21. The van der Waals surface area contributed by atoms with Gasteiger partial charge in [-0.25, -0.2) is 0 Å². The van der Waals surface area contributed by atoms with Gasteiger partial charge in [-0.1, -0.05) is 31.6 Å². The third-order valence-electron chi connectivity index (χ3n) is 4.68.